The second kappa shape index (κ2) is 6.79. The lowest BCUT2D eigenvalue weighted by Crippen LogP contribution is -2.11. The van der Waals surface area contributed by atoms with Gasteiger partial charge in [-0.15, -0.1) is 0 Å². The molecule has 0 fully saturated rings. The first-order valence-corrected chi connectivity index (χ1v) is 7.37. The number of ether oxygens (including phenoxy) is 1. The molecule has 0 aromatic heterocycles. The minimum atomic E-state index is -0.139. The fourth-order valence-electron chi connectivity index (χ4n) is 2.32. The summed E-state index contributed by atoms with van der Waals surface area (Å²) in [6.07, 6.45) is 0. The number of rotatable bonds is 4. The molecule has 3 heteroatoms. The lowest BCUT2D eigenvalue weighted by atomic mass is 10.1. The van der Waals surface area contributed by atoms with Gasteiger partial charge in [0.05, 0.1) is 7.11 Å². The molecule has 0 saturated heterocycles. The molecule has 1 N–H and O–H groups in total. The van der Waals surface area contributed by atoms with Gasteiger partial charge < -0.3 is 10.1 Å². The standard InChI is InChI=1S/C20H17NO2/c1-23-19-13-9-17(10-14-19)20(22)21-18-11-7-16(8-12-18)15-5-3-2-4-6-15/h2-14H,1H3,(H,21,22). The van der Waals surface area contributed by atoms with Crippen molar-refractivity contribution >= 4 is 11.6 Å². The molecule has 0 radical (unpaired) electrons. The van der Waals surface area contributed by atoms with E-state index in [1.807, 2.05) is 42.5 Å². The van der Waals surface area contributed by atoms with Gasteiger partial charge in [0.25, 0.3) is 5.91 Å². The van der Waals surface area contributed by atoms with E-state index in [-0.39, 0.29) is 5.91 Å². The van der Waals surface area contributed by atoms with Crippen LogP contribution < -0.4 is 10.1 Å². The molecule has 0 heterocycles. The third-order valence-electron chi connectivity index (χ3n) is 3.60. The summed E-state index contributed by atoms with van der Waals surface area (Å²) in [5.74, 6) is 0.592. The molecule has 1 amide bonds. The number of methoxy groups -OCH3 is 1. The lowest BCUT2D eigenvalue weighted by Gasteiger charge is -2.07. The third-order valence-corrected chi connectivity index (χ3v) is 3.60. The highest BCUT2D eigenvalue weighted by molar-refractivity contribution is 6.04. The lowest BCUT2D eigenvalue weighted by molar-refractivity contribution is 0.102. The topological polar surface area (TPSA) is 38.3 Å². The number of hydrogen-bond donors (Lipinski definition) is 1. The van der Waals surface area contributed by atoms with Gasteiger partial charge in [-0.3, -0.25) is 4.79 Å². The first-order chi connectivity index (χ1) is 11.3. The van der Waals surface area contributed by atoms with E-state index in [9.17, 15) is 4.79 Å². The predicted octanol–water partition coefficient (Wildman–Crippen LogP) is 4.61. The summed E-state index contributed by atoms with van der Waals surface area (Å²) < 4.78 is 5.09. The van der Waals surface area contributed by atoms with Gasteiger partial charge in [-0.25, -0.2) is 0 Å². The predicted molar refractivity (Wildman–Crippen MR) is 92.8 cm³/mol. The van der Waals surface area contributed by atoms with Crippen LogP contribution >= 0.6 is 0 Å². The van der Waals surface area contributed by atoms with Gasteiger partial charge in [0.1, 0.15) is 5.75 Å². The van der Waals surface area contributed by atoms with E-state index in [0.29, 0.717) is 5.56 Å². The highest BCUT2D eigenvalue weighted by Crippen LogP contribution is 2.21. The molecular formula is C20H17NO2. The van der Waals surface area contributed by atoms with Crippen molar-refractivity contribution in [3.8, 4) is 16.9 Å². The smallest absolute Gasteiger partial charge is 0.255 e. The quantitative estimate of drug-likeness (QED) is 0.764. The fourth-order valence-corrected chi connectivity index (χ4v) is 2.32. The highest BCUT2D eigenvalue weighted by Gasteiger charge is 2.06. The zero-order valence-electron chi connectivity index (χ0n) is 12.8. The molecule has 0 aliphatic rings. The Morgan fingerprint density at radius 2 is 1.39 bits per heavy atom. The van der Waals surface area contributed by atoms with Crippen molar-refractivity contribution in [1.29, 1.82) is 0 Å². The molecule has 3 aromatic rings. The van der Waals surface area contributed by atoms with Crippen molar-refractivity contribution < 1.29 is 9.53 Å². The minimum absolute atomic E-state index is 0.139. The third kappa shape index (κ3) is 3.58. The molecule has 0 atom stereocenters. The second-order valence-corrected chi connectivity index (χ2v) is 5.13. The Morgan fingerprint density at radius 1 is 0.783 bits per heavy atom. The van der Waals surface area contributed by atoms with Crippen LogP contribution in [0.3, 0.4) is 0 Å². The first kappa shape index (κ1) is 14.9. The molecule has 0 aliphatic heterocycles. The van der Waals surface area contributed by atoms with E-state index in [1.54, 1.807) is 31.4 Å². The van der Waals surface area contributed by atoms with Crippen molar-refractivity contribution in [3.05, 3.63) is 84.4 Å². The SMILES string of the molecule is COc1ccc(C(=O)Nc2ccc(-c3ccccc3)cc2)cc1. The van der Waals surface area contributed by atoms with E-state index in [2.05, 4.69) is 17.4 Å². The molecule has 0 spiro atoms. The van der Waals surface area contributed by atoms with E-state index in [1.165, 1.54) is 0 Å². The molecular weight excluding hydrogens is 286 g/mol. The van der Waals surface area contributed by atoms with E-state index < -0.39 is 0 Å². The van der Waals surface area contributed by atoms with Gasteiger partial charge >= 0.3 is 0 Å². The normalized spacial score (nSPS) is 10.1. The van der Waals surface area contributed by atoms with Crippen LogP contribution in [0, 0.1) is 0 Å². The average Bonchev–Trinajstić information content (AvgIpc) is 2.63. The van der Waals surface area contributed by atoms with Crippen LogP contribution in [0.5, 0.6) is 5.75 Å². The van der Waals surface area contributed by atoms with Gasteiger partial charge in [0.15, 0.2) is 0 Å². The van der Waals surface area contributed by atoms with Crippen molar-refractivity contribution in [2.24, 2.45) is 0 Å². The number of amides is 1. The Bertz CT molecular complexity index is 778. The summed E-state index contributed by atoms with van der Waals surface area (Å²) in [5.41, 5.74) is 3.64. The minimum Gasteiger partial charge on any atom is -0.497 e. The summed E-state index contributed by atoms with van der Waals surface area (Å²) in [6, 6.07) is 25.0. The Kier molecular flexibility index (Phi) is 4.39. The number of nitrogens with one attached hydrogen (secondary N) is 1. The van der Waals surface area contributed by atoms with Gasteiger partial charge in [-0.05, 0) is 47.5 Å². The molecule has 0 saturated carbocycles. The maximum atomic E-state index is 12.2. The summed E-state index contributed by atoms with van der Waals surface area (Å²) >= 11 is 0. The molecule has 0 bridgehead atoms. The average molecular weight is 303 g/mol. The Hall–Kier alpha value is -3.07. The molecule has 0 unspecified atom stereocenters. The first-order valence-electron chi connectivity index (χ1n) is 7.37. The largest absolute Gasteiger partial charge is 0.497 e. The van der Waals surface area contributed by atoms with Crippen LogP contribution in [0.1, 0.15) is 10.4 Å². The van der Waals surface area contributed by atoms with Crippen LogP contribution in [0.25, 0.3) is 11.1 Å². The zero-order chi connectivity index (χ0) is 16.1. The molecule has 3 nitrogen and oxygen atoms in total. The van der Waals surface area contributed by atoms with Crippen LogP contribution in [0.2, 0.25) is 0 Å². The summed E-state index contributed by atoms with van der Waals surface area (Å²) in [5, 5.41) is 2.89. The number of anilines is 1. The van der Waals surface area contributed by atoms with Crippen molar-refractivity contribution in [3.63, 3.8) is 0 Å². The monoisotopic (exact) mass is 303 g/mol. The fraction of sp³-hybridized carbons (Fsp3) is 0.0500. The van der Waals surface area contributed by atoms with E-state index >= 15 is 0 Å². The number of hydrogen-bond acceptors (Lipinski definition) is 2. The molecule has 3 aromatic carbocycles. The van der Waals surface area contributed by atoms with Crippen molar-refractivity contribution in [2.75, 3.05) is 12.4 Å². The Morgan fingerprint density at radius 3 is 2.00 bits per heavy atom. The van der Waals surface area contributed by atoms with Crippen LogP contribution in [-0.4, -0.2) is 13.0 Å². The number of carbonyl (C=O) groups is 1. The molecule has 114 valence electrons. The molecule has 23 heavy (non-hydrogen) atoms. The number of carbonyl (C=O) groups excluding carboxylic acids is 1. The molecule has 3 rings (SSSR count). The van der Waals surface area contributed by atoms with Crippen molar-refractivity contribution in [1.82, 2.24) is 0 Å². The molecule has 0 aliphatic carbocycles. The van der Waals surface area contributed by atoms with Crippen LogP contribution in [0.15, 0.2) is 78.9 Å². The van der Waals surface area contributed by atoms with Crippen LogP contribution in [0.4, 0.5) is 5.69 Å². The zero-order valence-corrected chi connectivity index (χ0v) is 12.8. The van der Waals surface area contributed by atoms with Gasteiger partial charge in [0.2, 0.25) is 0 Å². The Balaban J connectivity index is 1.71. The van der Waals surface area contributed by atoms with Gasteiger partial charge in [-0.1, -0.05) is 42.5 Å². The maximum absolute atomic E-state index is 12.2. The highest BCUT2D eigenvalue weighted by atomic mass is 16.5. The van der Waals surface area contributed by atoms with Gasteiger partial charge in [-0.2, -0.15) is 0 Å². The summed E-state index contributed by atoms with van der Waals surface area (Å²) in [6.45, 7) is 0. The van der Waals surface area contributed by atoms with E-state index in [4.69, 9.17) is 4.74 Å². The second-order valence-electron chi connectivity index (χ2n) is 5.13. The van der Waals surface area contributed by atoms with Crippen molar-refractivity contribution in [2.45, 2.75) is 0 Å². The van der Waals surface area contributed by atoms with Crippen LogP contribution in [-0.2, 0) is 0 Å². The summed E-state index contributed by atoms with van der Waals surface area (Å²) in [4.78, 5) is 12.2. The Labute approximate surface area is 135 Å². The maximum Gasteiger partial charge on any atom is 0.255 e. The summed E-state index contributed by atoms with van der Waals surface area (Å²) in [7, 11) is 1.60. The van der Waals surface area contributed by atoms with Gasteiger partial charge in [0, 0.05) is 11.3 Å². The number of benzene rings is 3. The van der Waals surface area contributed by atoms with E-state index in [0.717, 1.165) is 22.6 Å².